The monoisotopic (exact) mass is 543 g/mol. The summed E-state index contributed by atoms with van der Waals surface area (Å²) in [5.74, 6) is 2.20. The third-order valence-electron chi connectivity index (χ3n) is 9.23. The topological polar surface area (TPSA) is 87.7 Å². The van der Waals surface area contributed by atoms with Gasteiger partial charge in [-0.15, -0.1) is 0 Å². The number of carbonyl (C=O) groups excluding carboxylic acids is 1. The first kappa shape index (κ1) is 24.8. The number of morpholine rings is 1. The standard InChI is InChI=1S/C31H33N3O4S/c35-31(32-24-9-11-25(12-10-24)39(36,37)34-14-16-38-17-15-34)23-8-13-27-26(19-23)28-21-6-7-22(18-21)29(28)30(33-27)20-4-2-1-3-5-20/h1-5,8-13,19,21-22,28-30,33H,6-7,14-18H2,(H,32,35)/t21-,22-,28-,29+,30-/m0/s1. The van der Waals surface area contributed by atoms with E-state index in [1.807, 2.05) is 6.07 Å². The fraction of sp³-hybridized carbons (Fsp3) is 0.387. The van der Waals surface area contributed by atoms with Crippen LogP contribution in [0.5, 0.6) is 0 Å². The molecular weight excluding hydrogens is 510 g/mol. The van der Waals surface area contributed by atoms with Crippen LogP contribution in [0.3, 0.4) is 0 Å². The Morgan fingerprint density at radius 3 is 2.44 bits per heavy atom. The molecule has 4 aliphatic rings. The molecule has 2 saturated carbocycles. The van der Waals surface area contributed by atoms with Gasteiger partial charge in [0.1, 0.15) is 0 Å². The number of carbonyl (C=O) groups is 1. The number of sulfonamides is 1. The normalized spacial score (nSPS) is 27.8. The summed E-state index contributed by atoms with van der Waals surface area (Å²) in [4.78, 5) is 13.5. The minimum absolute atomic E-state index is 0.188. The van der Waals surface area contributed by atoms with Crippen molar-refractivity contribution in [2.75, 3.05) is 36.9 Å². The molecule has 7 nitrogen and oxygen atoms in total. The molecule has 1 amide bonds. The van der Waals surface area contributed by atoms with Gasteiger partial charge in [-0.25, -0.2) is 8.42 Å². The maximum absolute atomic E-state index is 13.3. The first-order chi connectivity index (χ1) is 19.0. The molecule has 8 heteroatoms. The predicted molar refractivity (Wildman–Crippen MR) is 150 cm³/mol. The van der Waals surface area contributed by atoms with E-state index < -0.39 is 10.0 Å². The average molecular weight is 544 g/mol. The van der Waals surface area contributed by atoms with Crippen LogP contribution < -0.4 is 10.6 Å². The number of rotatable bonds is 5. The van der Waals surface area contributed by atoms with E-state index in [4.69, 9.17) is 4.74 Å². The number of fused-ring (bicyclic) bond motifs is 7. The average Bonchev–Trinajstić information content (AvgIpc) is 3.61. The van der Waals surface area contributed by atoms with Crippen LogP contribution in [0.25, 0.3) is 0 Å². The zero-order chi connectivity index (χ0) is 26.6. The van der Waals surface area contributed by atoms with E-state index in [-0.39, 0.29) is 10.8 Å². The van der Waals surface area contributed by atoms with Gasteiger partial charge in [0.05, 0.1) is 24.2 Å². The molecule has 202 valence electrons. The van der Waals surface area contributed by atoms with Gasteiger partial charge < -0.3 is 15.4 Å². The molecule has 3 fully saturated rings. The van der Waals surface area contributed by atoms with Gasteiger partial charge in [-0.05, 0) is 96.5 Å². The van der Waals surface area contributed by atoms with Crippen molar-refractivity contribution in [3.63, 3.8) is 0 Å². The molecule has 39 heavy (non-hydrogen) atoms. The van der Waals surface area contributed by atoms with E-state index in [1.54, 1.807) is 24.3 Å². The number of amides is 1. The van der Waals surface area contributed by atoms with Crippen molar-refractivity contribution < 1.29 is 17.9 Å². The Morgan fingerprint density at radius 2 is 1.67 bits per heavy atom. The smallest absolute Gasteiger partial charge is 0.255 e. The lowest BCUT2D eigenvalue weighted by atomic mass is 9.68. The van der Waals surface area contributed by atoms with Crippen LogP contribution in [0.15, 0.2) is 77.7 Å². The highest BCUT2D eigenvalue weighted by Crippen LogP contribution is 2.63. The Balaban J connectivity index is 1.12. The van der Waals surface area contributed by atoms with Crippen molar-refractivity contribution in [3.05, 3.63) is 89.5 Å². The molecule has 2 aliphatic carbocycles. The summed E-state index contributed by atoms with van der Waals surface area (Å²) in [6.07, 6.45) is 3.84. The molecule has 0 aromatic heterocycles. The Bertz CT molecular complexity index is 1490. The lowest BCUT2D eigenvalue weighted by Gasteiger charge is -2.43. The van der Waals surface area contributed by atoms with Crippen LogP contribution in [0, 0.1) is 17.8 Å². The van der Waals surface area contributed by atoms with Gasteiger partial charge in [-0.1, -0.05) is 30.3 Å². The van der Waals surface area contributed by atoms with Gasteiger partial charge in [0.15, 0.2) is 0 Å². The largest absolute Gasteiger partial charge is 0.379 e. The summed E-state index contributed by atoms with van der Waals surface area (Å²) < 4.78 is 32.5. The van der Waals surface area contributed by atoms with Crippen LogP contribution >= 0.6 is 0 Å². The highest BCUT2D eigenvalue weighted by Gasteiger charge is 2.53. The number of anilines is 2. The van der Waals surface area contributed by atoms with E-state index in [9.17, 15) is 13.2 Å². The molecule has 0 spiro atoms. The molecule has 0 unspecified atom stereocenters. The van der Waals surface area contributed by atoms with Crippen LogP contribution in [0.2, 0.25) is 0 Å². The third kappa shape index (κ3) is 4.35. The van der Waals surface area contributed by atoms with Gasteiger partial charge in [0, 0.05) is 30.0 Å². The molecule has 1 saturated heterocycles. The van der Waals surface area contributed by atoms with Crippen molar-refractivity contribution in [2.24, 2.45) is 17.8 Å². The van der Waals surface area contributed by atoms with Gasteiger partial charge >= 0.3 is 0 Å². The molecule has 5 atom stereocenters. The Kier molecular flexibility index (Phi) is 6.21. The molecule has 0 radical (unpaired) electrons. The summed E-state index contributed by atoms with van der Waals surface area (Å²) in [7, 11) is -3.57. The summed E-state index contributed by atoms with van der Waals surface area (Å²) in [5.41, 5.74) is 4.93. The zero-order valence-corrected chi connectivity index (χ0v) is 22.6. The van der Waals surface area contributed by atoms with E-state index in [0.717, 1.165) is 11.6 Å². The number of benzene rings is 3. The third-order valence-corrected chi connectivity index (χ3v) is 11.1. The van der Waals surface area contributed by atoms with Gasteiger partial charge in [0.25, 0.3) is 5.91 Å². The summed E-state index contributed by atoms with van der Waals surface area (Å²) >= 11 is 0. The maximum Gasteiger partial charge on any atom is 0.255 e. The molecule has 7 rings (SSSR count). The van der Waals surface area contributed by atoms with E-state index in [1.165, 1.54) is 34.7 Å². The zero-order valence-electron chi connectivity index (χ0n) is 21.8. The molecule has 2 aliphatic heterocycles. The van der Waals surface area contributed by atoms with E-state index >= 15 is 0 Å². The van der Waals surface area contributed by atoms with Crippen molar-refractivity contribution in [2.45, 2.75) is 36.1 Å². The van der Waals surface area contributed by atoms with Crippen molar-refractivity contribution in [1.82, 2.24) is 4.31 Å². The fourth-order valence-electron chi connectivity index (χ4n) is 7.47. The van der Waals surface area contributed by atoms with E-state index in [2.05, 4.69) is 53.1 Å². The van der Waals surface area contributed by atoms with Crippen molar-refractivity contribution in [1.29, 1.82) is 0 Å². The second-order valence-electron chi connectivity index (χ2n) is 11.3. The summed E-state index contributed by atoms with van der Waals surface area (Å²) in [5, 5.41) is 6.80. The molecule has 3 aromatic rings. The fourth-order valence-corrected chi connectivity index (χ4v) is 8.88. The predicted octanol–water partition coefficient (Wildman–Crippen LogP) is 5.26. The van der Waals surface area contributed by atoms with Crippen molar-refractivity contribution >= 4 is 27.3 Å². The van der Waals surface area contributed by atoms with Crippen molar-refractivity contribution in [3.8, 4) is 0 Å². The Labute approximate surface area is 229 Å². The maximum atomic E-state index is 13.3. The first-order valence-electron chi connectivity index (χ1n) is 13.9. The highest BCUT2D eigenvalue weighted by atomic mass is 32.2. The van der Waals surface area contributed by atoms with Crippen LogP contribution in [-0.4, -0.2) is 44.9 Å². The number of hydrogen-bond acceptors (Lipinski definition) is 5. The van der Waals surface area contributed by atoms with Crippen LogP contribution in [-0.2, 0) is 14.8 Å². The molecular formula is C31H33N3O4S. The molecule has 3 aromatic carbocycles. The summed E-state index contributed by atoms with van der Waals surface area (Å²) in [6, 6.07) is 23.5. The number of hydrogen-bond donors (Lipinski definition) is 2. The van der Waals surface area contributed by atoms with Crippen LogP contribution in [0.4, 0.5) is 11.4 Å². The molecule has 2 N–H and O–H groups in total. The first-order valence-corrected chi connectivity index (χ1v) is 15.4. The minimum atomic E-state index is -3.57. The Hall–Kier alpha value is -3.20. The lowest BCUT2D eigenvalue weighted by molar-refractivity contribution is 0.0730. The van der Waals surface area contributed by atoms with Crippen LogP contribution in [0.1, 0.15) is 52.7 Å². The second-order valence-corrected chi connectivity index (χ2v) is 13.2. The molecule has 2 bridgehead atoms. The highest BCUT2D eigenvalue weighted by molar-refractivity contribution is 7.89. The second kappa shape index (κ2) is 9.77. The number of nitrogens with zero attached hydrogens (tertiary/aromatic N) is 1. The van der Waals surface area contributed by atoms with Gasteiger partial charge in [0.2, 0.25) is 10.0 Å². The van der Waals surface area contributed by atoms with Gasteiger partial charge in [-0.2, -0.15) is 4.31 Å². The SMILES string of the molecule is O=C(Nc1ccc(S(=O)(=O)N2CCOCC2)cc1)c1ccc2c(c1)[C@@H]1[C@H]3CC[C@@H](C3)[C@H]1[C@H](c1ccccc1)N2. The Morgan fingerprint density at radius 1 is 0.923 bits per heavy atom. The minimum Gasteiger partial charge on any atom is -0.379 e. The quantitative estimate of drug-likeness (QED) is 0.459. The summed E-state index contributed by atoms with van der Waals surface area (Å²) in [6.45, 7) is 1.51. The van der Waals surface area contributed by atoms with Gasteiger partial charge in [-0.3, -0.25) is 4.79 Å². The number of nitrogens with one attached hydrogen (secondary N) is 2. The van der Waals surface area contributed by atoms with E-state index in [0.29, 0.717) is 61.3 Å². The lowest BCUT2D eigenvalue weighted by Crippen LogP contribution is -2.40. The number of ether oxygens (including phenoxy) is 1. The molecule has 2 heterocycles.